The van der Waals surface area contributed by atoms with Crippen LogP contribution >= 0.6 is 0 Å². The zero-order valence-corrected chi connectivity index (χ0v) is 12.1. The van der Waals surface area contributed by atoms with Crippen molar-refractivity contribution in [2.24, 2.45) is 5.92 Å². The van der Waals surface area contributed by atoms with Gasteiger partial charge in [0, 0.05) is 18.1 Å². The largest absolute Gasteiger partial charge is 0.325 e. The molecular formula is C17H17N3O. The minimum absolute atomic E-state index is 0.284. The summed E-state index contributed by atoms with van der Waals surface area (Å²) >= 11 is 0. The Bertz CT molecular complexity index is 674. The van der Waals surface area contributed by atoms with Gasteiger partial charge in [-0.25, -0.2) is 0 Å². The van der Waals surface area contributed by atoms with Crippen LogP contribution in [0.5, 0.6) is 0 Å². The fourth-order valence-electron chi connectivity index (χ4n) is 2.13. The average molecular weight is 279 g/mol. The van der Waals surface area contributed by atoms with Crippen LogP contribution in [0.3, 0.4) is 0 Å². The number of aryl methyl sites for hydroxylation is 2. The summed E-state index contributed by atoms with van der Waals surface area (Å²) in [5, 5.41) is 12.0. The molecule has 0 aliphatic rings. The van der Waals surface area contributed by atoms with E-state index in [0.29, 0.717) is 6.42 Å². The van der Waals surface area contributed by atoms with Crippen molar-refractivity contribution < 1.29 is 4.79 Å². The second-order valence-corrected chi connectivity index (χ2v) is 5.05. The van der Waals surface area contributed by atoms with Crippen LogP contribution in [0.2, 0.25) is 0 Å². The van der Waals surface area contributed by atoms with Crippen molar-refractivity contribution in [1.29, 1.82) is 5.26 Å². The number of hydrogen-bond acceptors (Lipinski definition) is 3. The van der Waals surface area contributed by atoms with E-state index in [-0.39, 0.29) is 5.91 Å². The van der Waals surface area contributed by atoms with Gasteiger partial charge in [0.1, 0.15) is 5.92 Å². The predicted molar refractivity (Wildman–Crippen MR) is 81.6 cm³/mol. The van der Waals surface area contributed by atoms with Crippen molar-refractivity contribution in [2.45, 2.75) is 20.3 Å². The molecule has 1 heterocycles. The number of aromatic nitrogens is 1. The molecule has 0 saturated carbocycles. The van der Waals surface area contributed by atoms with Gasteiger partial charge in [-0.15, -0.1) is 0 Å². The summed E-state index contributed by atoms with van der Waals surface area (Å²) < 4.78 is 0. The first-order chi connectivity index (χ1) is 10.1. The topological polar surface area (TPSA) is 65.8 Å². The minimum Gasteiger partial charge on any atom is -0.325 e. The number of carbonyl (C=O) groups excluding carboxylic acids is 1. The standard InChI is InChI=1S/C17H17N3O/c1-12-5-6-16(13(2)8-12)20-17(21)15(10-18)9-14-4-3-7-19-11-14/h3-8,11,15H,9H2,1-2H3,(H,20,21). The maximum absolute atomic E-state index is 12.2. The molecule has 2 aromatic rings. The Kier molecular flexibility index (Phi) is 4.68. The number of pyridine rings is 1. The molecule has 21 heavy (non-hydrogen) atoms. The van der Waals surface area contributed by atoms with Crippen molar-refractivity contribution in [3.05, 3.63) is 59.4 Å². The van der Waals surface area contributed by atoms with Crippen molar-refractivity contribution in [2.75, 3.05) is 5.32 Å². The number of anilines is 1. The van der Waals surface area contributed by atoms with Crippen molar-refractivity contribution in [3.8, 4) is 6.07 Å². The van der Waals surface area contributed by atoms with Gasteiger partial charge in [0.2, 0.25) is 5.91 Å². The maximum atomic E-state index is 12.2. The van der Waals surface area contributed by atoms with E-state index in [2.05, 4.69) is 16.4 Å². The number of amides is 1. The maximum Gasteiger partial charge on any atom is 0.242 e. The Balaban J connectivity index is 2.09. The lowest BCUT2D eigenvalue weighted by molar-refractivity contribution is -0.118. The summed E-state index contributed by atoms with van der Waals surface area (Å²) in [4.78, 5) is 16.2. The van der Waals surface area contributed by atoms with Gasteiger partial charge in [-0.05, 0) is 43.5 Å². The van der Waals surface area contributed by atoms with Crippen LogP contribution in [0.1, 0.15) is 16.7 Å². The second-order valence-electron chi connectivity index (χ2n) is 5.05. The third-order valence-electron chi connectivity index (χ3n) is 3.27. The molecule has 1 N–H and O–H groups in total. The van der Waals surface area contributed by atoms with E-state index < -0.39 is 5.92 Å². The molecule has 1 unspecified atom stereocenters. The van der Waals surface area contributed by atoms with Gasteiger partial charge < -0.3 is 5.32 Å². The average Bonchev–Trinajstić information content (AvgIpc) is 2.48. The summed E-state index contributed by atoms with van der Waals surface area (Å²) in [6.07, 6.45) is 3.70. The second kappa shape index (κ2) is 6.67. The van der Waals surface area contributed by atoms with E-state index in [4.69, 9.17) is 0 Å². The number of nitrogens with zero attached hydrogens (tertiary/aromatic N) is 2. The highest BCUT2D eigenvalue weighted by molar-refractivity contribution is 5.94. The lowest BCUT2D eigenvalue weighted by Crippen LogP contribution is -2.23. The fourth-order valence-corrected chi connectivity index (χ4v) is 2.13. The highest BCUT2D eigenvalue weighted by atomic mass is 16.1. The number of carbonyl (C=O) groups is 1. The highest BCUT2D eigenvalue weighted by Crippen LogP contribution is 2.18. The van der Waals surface area contributed by atoms with Crippen molar-refractivity contribution in [1.82, 2.24) is 4.98 Å². The molecule has 1 atom stereocenters. The third kappa shape index (κ3) is 3.90. The van der Waals surface area contributed by atoms with Crippen molar-refractivity contribution in [3.63, 3.8) is 0 Å². The summed E-state index contributed by atoms with van der Waals surface area (Å²) in [6.45, 7) is 3.93. The van der Waals surface area contributed by atoms with E-state index in [0.717, 1.165) is 22.4 Å². The highest BCUT2D eigenvalue weighted by Gasteiger charge is 2.19. The normalized spacial score (nSPS) is 11.5. The molecule has 0 fully saturated rings. The van der Waals surface area contributed by atoms with Crippen molar-refractivity contribution >= 4 is 11.6 Å². The lowest BCUT2D eigenvalue weighted by Gasteiger charge is -2.12. The molecule has 0 aliphatic carbocycles. The van der Waals surface area contributed by atoms with E-state index in [9.17, 15) is 10.1 Å². The molecule has 106 valence electrons. The SMILES string of the molecule is Cc1ccc(NC(=O)C(C#N)Cc2cccnc2)c(C)c1. The smallest absolute Gasteiger partial charge is 0.242 e. The van der Waals surface area contributed by atoms with Gasteiger partial charge in [0.15, 0.2) is 0 Å². The molecule has 0 radical (unpaired) electrons. The fraction of sp³-hybridized carbons (Fsp3) is 0.235. The van der Waals surface area contributed by atoms with Crippen LogP contribution < -0.4 is 5.32 Å². The van der Waals surface area contributed by atoms with E-state index in [1.54, 1.807) is 18.5 Å². The molecule has 4 nitrogen and oxygen atoms in total. The van der Waals surface area contributed by atoms with Crippen LogP contribution in [0.25, 0.3) is 0 Å². The molecule has 1 aromatic heterocycles. The van der Waals surface area contributed by atoms with E-state index in [1.165, 1.54) is 0 Å². The van der Waals surface area contributed by atoms with E-state index in [1.807, 2.05) is 38.1 Å². The number of hydrogen-bond donors (Lipinski definition) is 1. The van der Waals surface area contributed by atoms with Crippen LogP contribution in [0.4, 0.5) is 5.69 Å². The Labute approximate surface area is 124 Å². The predicted octanol–water partition coefficient (Wildman–Crippen LogP) is 3.02. The first-order valence-corrected chi connectivity index (χ1v) is 6.77. The van der Waals surface area contributed by atoms with Gasteiger partial charge in [-0.3, -0.25) is 9.78 Å². The molecule has 2 rings (SSSR count). The summed E-state index contributed by atoms with van der Waals surface area (Å²) in [6, 6.07) is 11.5. The van der Waals surface area contributed by atoms with Gasteiger partial charge in [-0.2, -0.15) is 5.26 Å². The molecule has 0 bridgehead atoms. The molecule has 0 saturated heterocycles. The van der Waals surface area contributed by atoms with Gasteiger partial charge in [0.25, 0.3) is 0 Å². The Hall–Kier alpha value is -2.67. The quantitative estimate of drug-likeness (QED) is 0.935. The zero-order chi connectivity index (χ0) is 15.2. The molecular weight excluding hydrogens is 262 g/mol. The van der Waals surface area contributed by atoms with Crippen LogP contribution in [-0.4, -0.2) is 10.9 Å². The molecule has 1 amide bonds. The molecule has 0 aliphatic heterocycles. The Morgan fingerprint density at radius 2 is 2.19 bits per heavy atom. The first kappa shape index (κ1) is 14.7. The first-order valence-electron chi connectivity index (χ1n) is 6.77. The van der Waals surface area contributed by atoms with Gasteiger partial charge in [-0.1, -0.05) is 23.8 Å². The minimum atomic E-state index is -0.727. The zero-order valence-electron chi connectivity index (χ0n) is 12.1. The number of benzene rings is 1. The summed E-state index contributed by atoms with van der Waals surface area (Å²) in [7, 11) is 0. The summed E-state index contributed by atoms with van der Waals surface area (Å²) in [5.41, 5.74) is 3.75. The molecule has 4 heteroatoms. The van der Waals surface area contributed by atoms with Gasteiger partial charge >= 0.3 is 0 Å². The van der Waals surface area contributed by atoms with Crippen LogP contribution in [-0.2, 0) is 11.2 Å². The molecule has 1 aromatic carbocycles. The lowest BCUT2D eigenvalue weighted by atomic mass is 10.0. The van der Waals surface area contributed by atoms with Crippen LogP contribution in [0.15, 0.2) is 42.7 Å². The number of rotatable bonds is 4. The number of nitrogens with one attached hydrogen (secondary N) is 1. The molecule has 0 spiro atoms. The third-order valence-corrected chi connectivity index (χ3v) is 3.27. The Morgan fingerprint density at radius 3 is 2.81 bits per heavy atom. The van der Waals surface area contributed by atoms with Gasteiger partial charge in [0.05, 0.1) is 6.07 Å². The monoisotopic (exact) mass is 279 g/mol. The number of nitriles is 1. The summed E-state index contributed by atoms with van der Waals surface area (Å²) in [5.74, 6) is -1.01. The Morgan fingerprint density at radius 1 is 1.38 bits per heavy atom. The van der Waals surface area contributed by atoms with E-state index >= 15 is 0 Å². The van der Waals surface area contributed by atoms with Crippen LogP contribution in [0, 0.1) is 31.1 Å².